The molecule has 0 saturated carbocycles. The molecule has 26 heavy (non-hydrogen) atoms. The van der Waals surface area contributed by atoms with Crippen molar-refractivity contribution in [3.8, 4) is 17.1 Å². The van der Waals surface area contributed by atoms with Gasteiger partial charge in [-0.15, -0.1) is 0 Å². The minimum absolute atomic E-state index is 0.361. The Morgan fingerprint density at radius 2 is 1.92 bits per heavy atom. The Morgan fingerprint density at radius 3 is 2.54 bits per heavy atom. The van der Waals surface area contributed by atoms with Crippen molar-refractivity contribution in [1.82, 2.24) is 0 Å². The van der Waals surface area contributed by atoms with Gasteiger partial charge in [0.05, 0.1) is 24.5 Å². The summed E-state index contributed by atoms with van der Waals surface area (Å²) in [6.07, 6.45) is 0.361. The minimum atomic E-state index is -1.18. The fourth-order valence-electron chi connectivity index (χ4n) is 2.77. The van der Waals surface area contributed by atoms with E-state index in [4.69, 9.17) is 9.15 Å². The van der Waals surface area contributed by atoms with Crippen LogP contribution in [0.5, 0.6) is 5.75 Å². The van der Waals surface area contributed by atoms with Crippen LogP contribution in [0.2, 0.25) is 0 Å². The Bertz CT molecular complexity index is 1000. The lowest BCUT2D eigenvalue weighted by molar-refractivity contribution is -0.307. The predicted molar refractivity (Wildman–Crippen MR) is 97.6 cm³/mol. The number of rotatable bonds is 5. The van der Waals surface area contributed by atoms with E-state index < -0.39 is 12.0 Å². The van der Waals surface area contributed by atoms with Crippen molar-refractivity contribution >= 4 is 16.9 Å². The van der Waals surface area contributed by atoms with Gasteiger partial charge in [0.2, 0.25) is 0 Å². The summed E-state index contributed by atoms with van der Waals surface area (Å²) in [5.41, 5.74) is 2.55. The summed E-state index contributed by atoms with van der Waals surface area (Å²) in [4.78, 5) is 15.7. The van der Waals surface area contributed by atoms with E-state index in [9.17, 15) is 9.90 Å². The van der Waals surface area contributed by atoms with Gasteiger partial charge in [-0.05, 0) is 49.7 Å². The summed E-state index contributed by atoms with van der Waals surface area (Å²) in [6, 6.07) is 14.1. The van der Waals surface area contributed by atoms with Crippen molar-refractivity contribution in [2.45, 2.75) is 26.3 Å². The van der Waals surface area contributed by atoms with Crippen LogP contribution in [0.15, 0.2) is 57.9 Å². The topological polar surface area (TPSA) is 74.9 Å². The monoisotopic (exact) mass is 350 g/mol. The molecule has 5 nitrogen and oxygen atoms in total. The first-order chi connectivity index (χ1) is 12.5. The van der Waals surface area contributed by atoms with Crippen molar-refractivity contribution in [3.05, 3.63) is 59.5 Å². The van der Waals surface area contributed by atoms with Crippen molar-refractivity contribution in [1.29, 1.82) is 0 Å². The van der Waals surface area contributed by atoms with Crippen LogP contribution >= 0.6 is 0 Å². The minimum Gasteiger partial charge on any atom is -0.548 e. The maximum Gasteiger partial charge on any atom is 0.136 e. The number of methoxy groups -OCH3 is 1. The van der Waals surface area contributed by atoms with Crippen LogP contribution in [0.4, 0.5) is 0 Å². The molecule has 1 heterocycles. The molecular formula is C21H20NO4-. The number of hydrogen-bond acceptors (Lipinski definition) is 5. The molecular weight excluding hydrogens is 330 g/mol. The van der Waals surface area contributed by atoms with Gasteiger partial charge in [-0.3, -0.25) is 4.99 Å². The lowest BCUT2D eigenvalue weighted by Gasteiger charge is -2.12. The van der Waals surface area contributed by atoms with Crippen molar-refractivity contribution in [2.75, 3.05) is 7.11 Å². The number of hydrogen-bond donors (Lipinski definition) is 0. The quantitative estimate of drug-likeness (QED) is 0.709. The molecule has 3 aromatic rings. The number of carbonyl (C=O) groups excluding carboxylic acids is 1. The smallest absolute Gasteiger partial charge is 0.136 e. The Balaban J connectivity index is 2.24. The molecule has 5 heteroatoms. The van der Waals surface area contributed by atoms with E-state index in [0.717, 1.165) is 22.3 Å². The van der Waals surface area contributed by atoms with Crippen LogP contribution in [0.3, 0.4) is 0 Å². The molecule has 1 unspecified atom stereocenters. The summed E-state index contributed by atoms with van der Waals surface area (Å²) >= 11 is 0. The van der Waals surface area contributed by atoms with Gasteiger partial charge >= 0.3 is 0 Å². The zero-order valence-electron chi connectivity index (χ0n) is 15.0. The summed E-state index contributed by atoms with van der Waals surface area (Å²) < 4.78 is 11.2. The second-order valence-corrected chi connectivity index (χ2v) is 6.10. The molecule has 0 radical (unpaired) electrons. The number of ether oxygens (including phenoxy) is 1. The Hall–Kier alpha value is -3.08. The molecule has 2 aromatic carbocycles. The number of carboxylic acids is 1. The molecule has 0 spiro atoms. The maximum absolute atomic E-state index is 11.3. The van der Waals surface area contributed by atoms with Crippen LogP contribution in [0.25, 0.3) is 22.3 Å². The third kappa shape index (κ3) is 3.61. The third-order valence-corrected chi connectivity index (χ3v) is 4.23. The van der Waals surface area contributed by atoms with Crippen LogP contribution in [-0.4, -0.2) is 19.1 Å². The largest absolute Gasteiger partial charge is 0.548 e. The zero-order chi connectivity index (χ0) is 18.7. The van der Waals surface area contributed by atoms with E-state index in [1.54, 1.807) is 20.1 Å². The van der Waals surface area contributed by atoms with Gasteiger partial charge in [-0.1, -0.05) is 18.6 Å². The Morgan fingerprint density at radius 1 is 1.19 bits per heavy atom. The zero-order valence-corrected chi connectivity index (χ0v) is 15.0. The highest BCUT2D eigenvalue weighted by Crippen LogP contribution is 2.25. The molecule has 3 rings (SSSR count). The fraction of sp³-hybridized carbons (Fsp3) is 0.238. The van der Waals surface area contributed by atoms with E-state index in [2.05, 4.69) is 4.99 Å². The van der Waals surface area contributed by atoms with Crippen LogP contribution in [0.1, 0.15) is 18.9 Å². The lowest BCUT2D eigenvalue weighted by Crippen LogP contribution is -2.35. The van der Waals surface area contributed by atoms with Crippen LogP contribution < -0.4 is 15.2 Å². The maximum atomic E-state index is 11.3. The summed E-state index contributed by atoms with van der Waals surface area (Å²) in [6.45, 7) is 3.74. The van der Waals surface area contributed by atoms with Crippen molar-refractivity contribution in [2.24, 2.45) is 4.99 Å². The second-order valence-electron chi connectivity index (χ2n) is 6.10. The van der Waals surface area contributed by atoms with E-state index >= 15 is 0 Å². The normalized spacial score (nSPS) is 13.0. The number of aryl methyl sites for hydroxylation is 1. The first kappa shape index (κ1) is 17.7. The van der Waals surface area contributed by atoms with Gasteiger partial charge in [0.15, 0.2) is 0 Å². The van der Waals surface area contributed by atoms with Crippen LogP contribution in [0, 0.1) is 6.92 Å². The summed E-state index contributed by atoms with van der Waals surface area (Å²) in [5.74, 6) is 0.175. The Kier molecular flexibility index (Phi) is 5.07. The van der Waals surface area contributed by atoms with E-state index in [1.165, 1.54) is 0 Å². The molecule has 1 aromatic heterocycles. The fourth-order valence-corrected chi connectivity index (χ4v) is 2.77. The molecule has 0 bridgehead atoms. The first-order valence-corrected chi connectivity index (χ1v) is 8.45. The molecule has 0 N–H and O–H groups in total. The standard InChI is InChI=1S/C21H21NO4/c1-4-17(21(23)24)22-18-12-20(14-6-8-15(25-3)9-7-14)26-19-10-5-13(2)11-16(18)19/h5-12,17H,4H2,1-3H3,(H,23,24)/p-1. The number of carboxylic acid groups (broad SMARTS) is 1. The van der Waals surface area contributed by atoms with Gasteiger partial charge in [-0.25, -0.2) is 0 Å². The Labute approximate surface area is 151 Å². The molecule has 0 aliphatic rings. The van der Waals surface area contributed by atoms with E-state index in [1.807, 2.05) is 49.4 Å². The number of benzene rings is 2. The molecule has 0 aliphatic carbocycles. The molecule has 0 aliphatic heterocycles. The van der Waals surface area contributed by atoms with E-state index in [0.29, 0.717) is 23.1 Å². The van der Waals surface area contributed by atoms with Gasteiger partial charge < -0.3 is 19.1 Å². The average molecular weight is 350 g/mol. The van der Waals surface area contributed by atoms with Crippen molar-refractivity contribution in [3.63, 3.8) is 0 Å². The average Bonchev–Trinajstić information content (AvgIpc) is 2.65. The molecule has 0 amide bonds. The SMILES string of the molecule is CCC(N=c1cc(-c2ccc(OC)cc2)oc2ccc(C)cc12)C(=O)[O-]. The highest BCUT2D eigenvalue weighted by molar-refractivity contribution is 5.79. The highest BCUT2D eigenvalue weighted by Gasteiger charge is 2.09. The lowest BCUT2D eigenvalue weighted by atomic mass is 10.1. The number of fused-ring (bicyclic) bond motifs is 1. The molecule has 134 valence electrons. The first-order valence-electron chi connectivity index (χ1n) is 8.45. The molecule has 0 fully saturated rings. The predicted octanol–water partition coefficient (Wildman–Crippen LogP) is 2.85. The van der Waals surface area contributed by atoms with Gasteiger partial charge in [0, 0.05) is 17.0 Å². The van der Waals surface area contributed by atoms with Gasteiger partial charge in [0.1, 0.15) is 17.1 Å². The summed E-state index contributed by atoms with van der Waals surface area (Å²) in [5, 5.41) is 12.7. The highest BCUT2D eigenvalue weighted by atomic mass is 16.5. The van der Waals surface area contributed by atoms with Gasteiger partial charge in [0.25, 0.3) is 0 Å². The molecule has 1 atom stereocenters. The number of nitrogens with zero attached hydrogens (tertiary/aromatic N) is 1. The second kappa shape index (κ2) is 7.44. The number of carbonyl (C=O) groups is 1. The van der Waals surface area contributed by atoms with Crippen molar-refractivity contribution < 1.29 is 19.1 Å². The molecule has 0 saturated heterocycles. The van der Waals surface area contributed by atoms with Gasteiger partial charge in [-0.2, -0.15) is 0 Å². The third-order valence-electron chi connectivity index (χ3n) is 4.23. The van der Waals surface area contributed by atoms with E-state index in [-0.39, 0.29) is 0 Å². The summed E-state index contributed by atoms with van der Waals surface area (Å²) in [7, 11) is 1.61. The number of aliphatic carboxylic acids is 1. The van der Waals surface area contributed by atoms with Crippen LogP contribution in [-0.2, 0) is 4.79 Å².